The van der Waals surface area contributed by atoms with E-state index in [1.807, 2.05) is 12.1 Å². The van der Waals surface area contributed by atoms with Crippen molar-refractivity contribution in [1.29, 1.82) is 0 Å². The van der Waals surface area contributed by atoms with E-state index in [9.17, 15) is 14.7 Å². The number of hydrogen-bond donors (Lipinski definition) is 2. The summed E-state index contributed by atoms with van der Waals surface area (Å²) in [6, 6.07) is 8.78. The molecule has 0 aliphatic carbocycles. The normalized spacial score (nSPS) is 18.3. The Hall–Kier alpha value is -2.73. The van der Waals surface area contributed by atoms with Gasteiger partial charge in [0.25, 0.3) is 6.08 Å². The second-order valence-corrected chi connectivity index (χ2v) is 6.72. The van der Waals surface area contributed by atoms with E-state index in [1.165, 1.54) is 12.1 Å². The Morgan fingerprint density at radius 3 is 2.81 bits per heavy atom. The fourth-order valence-corrected chi connectivity index (χ4v) is 3.75. The number of carbonyl (C=O) groups is 1. The molecule has 2 aromatic rings. The minimum absolute atomic E-state index is 0.117. The molecule has 140 valence electrons. The van der Waals surface area contributed by atoms with Gasteiger partial charge < -0.3 is 15.2 Å². The number of halogens is 2. The second-order valence-electron chi connectivity index (χ2n) is 5.87. The van der Waals surface area contributed by atoms with Crippen LogP contribution in [0.5, 0.6) is 5.75 Å². The molecule has 0 spiro atoms. The lowest BCUT2D eigenvalue weighted by atomic mass is 9.91. The Morgan fingerprint density at radius 2 is 2.15 bits per heavy atom. The molecule has 2 aromatic carbocycles. The van der Waals surface area contributed by atoms with Crippen molar-refractivity contribution in [2.45, 2.75) is 18.5 Å². The van der Waals surface area contributed by atoms with Gasteiger partial charge in [-0.1, -0.05) is 34.4 Å². The van der Waals surface area contributed by atoms with Crippen LogP contribution in [0.25, 0.3) is 0 Å². The van der Waals surface area contributed by atoms with E-state index < -0.39 is 18.1 Å². The molecule has 2 N–H and O–H groups in total. The Labute approximate surface area is 165 Å². The lowest BCUT2D eigenvalue weighted by Gasteiger charge is -2.37. The van der Waals surface area contributed by atoms with E-state index in [0.29, 0.717) is 27.0 Å². The van der Waals surface area contributed by atoms with Gasteiger partial charge in [-0.15, -0.1) is 0 Å². The average Bonchev–Trinajstić information content (AvgIpc) is 2.63. The molecule has 3 rings (SSSR count). The number of carboxylic acids is 1. The highest BCUT2D eigenvalue weighted by atomic mass is 35.5. The first-order valence-corrected chi connectivity index (χ1v) is 8.69. The number of anilines is 2. The van der Waals surface area contributed by atoms with Crippen molar-refractivity contribution in [3.05, 3.63) is 52.0 Å². The third kappa shape index (κ3) is 3.85. The highest BCUT2D eigenvalue weighted by Crippen LogP contribution is 2.44. The van der Waals surface area contributed by atoms with Gasteiger partial charge in [-0.05, 0) is 24.3 Å². The Morgan fingerprint density at radius 1 is 1.37 bits per heavy atom. The van der Waals surface area contributed by atoms with Gasteiger partial charge in [-0.25, -0.2) is 14.6 Å². The van der Waals surface area contributed by atoms with Crippen LogP contribution in [0.2, 0.25) is 10.0 Å². The van der Waals surface area contributed by atoms with Gasteiger partial charge >= 0.3 is 5.97 Å². The van der Waals surface area contributed by atoms with Crippen molar-refractivity contribution in [2.75, 3.05) is 17.4 Å². The summed E-state index contributed by atoms with van der Waals surface area (Å²) in [4.78, 5) is 22.6. The summed E-state index contributed by atoms with van der Waals surface area (Å²) in [7, 11) is 1.56. The van der Waals surface area contributed by atoms with Crippen LogP contribution in [0.3, 0.4) is 0 Å². The van der Waals surface area contributed by atoms with Crippen LogP contribution < -0.4 is 15.1 Å². The fraction of sp³-hybridized carbons (Fsp3) is 0.222. The summed E-state index contributed by atoms with van der Waals surface area (Å²) in [5.41, 5.74) is 1.67. The van der Waals surface area contributed by atoms with E-state index in [-0.39, 0.29) is 6.42 Å². The largest absolute Gasteiger partial charge is 0.497 e. The lowest BCUT2D eigenvalue weighted by Crippen LogP contribution is -2.44. The van der Waals surface area contributed by atoms with Crippen molar-refractivity contribution in [1.82, 2.24) is 0 Å². The molecule has 0 unspecified atom stereocenters. The molecule has 9 heteroatoms. The van der Waals surface area contributed by atoms with E-state index in [4.69, 9.17) is 27.9 Å². The number of rotatable bonds is 5. The zero-order valence-corrected chi connectivity index (χ0v) is 15.7. The summed E-state index contributed by atoms with van der Waals surface area (Å²) in [6.45, 7) is 0. The third-order valence-corrected chi connectivity index (χ3v) is 4.80. The first kappa shape index (κ1) is 19.0. The molecule has 0 radical (unpaired) electrons. The Bertz CT molecular complexity index is 931. The smallest absolute Gasteiger partial charge is 0.328 e. The predicted molar refractivity (Wildman–Crippen MR) is 102 cm³/mol. The number of hydrazone groups is 1. The number of hydrogen-bond acceptors (Lipinski definition) is 6. The molecule has 1 aliphatic heterocycles. The minimum atomic E-state index is -1.13. The van der Waals surface area contributed by atoms with Gasteiger partial charge in [-0.2, -0.15) is 0 Å². The van der Waals surface area contributed by atoms with Crippen molar-refractivity contribution < 1.29 is 19.4 Å². The highest BCUT2D eigenvalue weighted by molar-refractivity contribution is 6.35. The monoisotopic (exact) mass is 407 g/mol. The molecular formula is C18H15Cl2N3O4. The number of nitrogens with one attached hydrogen (secondary N) is 1. The summed E-state index contributed by atoms with van der Waals surface area (Å²) in [5.74, 6) is -0.478. The van der Waals surface area contributed by atoms with Gasteiger partial charge in [0.15, 0.2) is 6.04 Å². The maximum absolute atomic E-state index is 11.8. The van der Waals surface area contributed by atoms with E-state index >= 15 is 0 Å². The van der Waals surface area contributed by atoms with E-state index in [1.54, 1.807) is 25.3 Å². The lowest BCUT2D eigenvalue weighted by molar-refractivity contribution is -0.139. The van der Waals surface area contributed by atoms with Gasteiger partial charge in [0.2, 0.25) is 0 Å². The Kier molecular flexibility index (Phi) is 5.56. The molecule has 0 saturated heterocycles. The zero-order valence-electron chi connectivity index (χ0n) is 14.1. The molecule has 0 bridgehead atoms. The summed E-state index contributed by atoms with van der Waals surface area (Å²) < 4.78 is 5.22. The predicted octanol–water partition coefficient (Wildman–Crippen LogP) is 4.07. The topological polar surface area (TPSA) is 91.2 Å². The first-order chi connectivity index (χ1) is 12.9. The van der Waals surface area contributed by atoms with Crippen LogP contribution >= 0.6 is 23.2 Å². The average molecular weight is 408 g/mol. The number of nitrogens with zero attached hydrogens (tertiary/aromatic N) is 2. The van der Waals surface area contributed by atoms with Crippen molar-refractivity contribution in [3.8, 4) is 5.75 Å². The maximum Gasteiger partial charge on any atom is 0.328 e. The molecular weight excluding hydrogens is 393 g/mol. The molecule has 0 saturated carbocycles. The van der Waals surface area contributed by atoms with Crippen molar-refractivity contribution in [2.24, 2.45) is 5.10 Å². The van der Waals surface area contributed by atoms with Crippen LogP contribution in [0.15, 0.2) is 41.5 Å². The standard InChI is InChI=1S/C18H15Cl2N3O4/c1-27-12-4-2-3-11(7-12)22-14-8-16(18(25)26)23(21-9-24)15-6-10(19)5-13(20)17(14)15/h2-7,14,16,22H,8H2,1H3,(H,25,26)/t14-,16+/m0/s1. The molecule has 27 heavy (non-hydrogen) atoms. The third-order valence-electron chi connectivity index (χ3n) is 4.27. The number of benzene rings is 2. The number of fused-ring (bicyclic) bond motifs is 1. The number of aliphatic carboxylic acids is 1. The van der Waals surface area contributed by atoms with Crippen molar-refractivity contribution in [3.63, 3.8) is 0 Å². The van der Waals surface area contributed by atoms with Gasteiger partial charge in [0.1, 0.15) is 5.75 Å². The van der Waals surface area contributed by atoms with Gasteiger partial charge in [0, 0.05) is 33.8 Å². The number of methoxy groups -OCH3 is 1. The number of carbonyl (C=O) groups excluding carboxylic acids is 1. The summed E-state index contributed by atoms with van der Waals surface area (Å²) in [6.07, 6.45) is 1.51. The number of isocyanates is 1. The maximum atomic E-state index is 11.8. The number of carboxylic acid groups (broad SMARTS) is 1. The van der Waals surface area contributed by atoms with E-state index in [2.05, 4.69) is 10.4 Å². The Balaban J connectivity index is 2.10. The second kappa shape index (κ2) is 7.88. The van der Waals surface area contributed by atoms with Crippen LogP contribution in [-0.4, -0.2) is 30.3 Å². The molecule has 1 aliphatic rings. The highest BCUT2D eigenvalue weighted by Gasteiger charge is 2.39. The van der Waals surface area contributed by atoms with Crippen LogP contribution in [0.1, 0.15) is 18.0 Å². The van der Waals surface area contributed by atoms with Gasteiger partial charge in [0.05, 0.1) is 18.8 Å². The van der Waals surface area contributed by atoms with Crippen LogP contribution in [0.4, 0.5) is 11.4 Å². The summed E-state index contributed by atoms with van der Waals surface area (Å²) in [5, 5.41) is 18.2. The minimum Gasteiger partial charge on any atom is -0.497 e. The molecule has 2 atom stereocenters. The zero-order chi connectivity index (χ0) is 19.6. The SMILES string of the molecule is COc1cccc(N[C@H]2C[C@H](C(=O)O)N(N=C=O)c3cc(Cl)cc(Cl)c32)c1. The fourth-order valence-electron chi connectivity index (χ4n) is 3.13. The molecule has 0 fully saturated rings. The van der Waals surface area contributed by atoms with E-state index in [0.717, 1.165) is 10.7 Å². The number of ether oxygens (including phenoxy) is 1. The molecule has 1 heterocycles. The van der Waals surface area contributed by atoms with Gasteiger partial charge in [-0.3, -0.25) is 0 Å². The molecule has 7 nitrogen and oxygen atoms in total. The van der Waals surface area contributed by atoms with Crippen LogP contribution in [-0.2, 0) is 9.59 Å². The quantitative estimate of drug-likeness (QED) is 0.573. The van der Waals surface area contributed by atoms with Crippen molar-refractivity contribution >= 4 is 46.6 Å². The van der Waals surface area contributed by atoms with Crippen LogP contribution in [0, 0.1) is 0 Å². The first-order valence-electron chi connectivity index (χ1n) is 7.94. The molecule has 0 amide bonds. The molecule has 0 aromatic heterocycles. The summed E-state index contributed by atoms with van der Waals surface area (Å²) >= 11 is 12.5.